The smallest absolute Gasteiger partial charge is 0.294 e. The van der Waals surface area contributed by atoms with Gasteiger partial charge in [-0.2, -0.15) is 13.2 Å². The molecule has 0 radical (unpaired) electrons. The fourth-order valence-corrected chi connectivity index (χ4v) is 4.09. The molecule has 1 aliphatic carbocycles. The number of carbonyl (C=O) groups is 1. The topological polar surface area (TPSA) is 17.1 Å². The van der Waals surface area contributed by atoms with Gasteiger partial charge in [-0.1, -0.05) is 64.5 Å². The molecule has 1 saturated carbocycles. The van der Waals surface area contributed by atoms with Gasteiger partial charge in [0.25, 0.3) is 0 Å². The van der Waals surface area contributed by atoms with Crippen molar-refractivity contribution >= 4 is 5.78 Å². The Morgan fingerprint density at radius 2 is 1.62 bits per heavy atom. The molecule has 146 valence electrons. The van der Waals surface area contributed by atoms with Gasteiger partial charge in [-0.3, -0.25) is 4.79 Å². The van der Waals surface area contributed by atoms with E-state index < -0.39 is 28.9 Å². The number of carbonyl (C=O) groups excluding carboxylic acids is 1. The molecule has 1 fully saturated rings. The van der Waals surface area contributed by atoms with Crippen LogP contribution < -0.4 is 0 Å². The number of alkyl halides is 3. The maximum atomic E-state index is 14.6. The van der Waals surface area contributed by atoms with Crippen LogP contribution in [0.4, 0.5) is 17.6 Å². The van der Waals surface area contributed by atoms with E-state index in [1.165, 1.54) is 38.7 Å². The lowest BCUT2D eigenvalue weighted by atomic mass is 9.78. The van der Waals surface area contributed by atoms with E-state index in [2.05, 4.69) is 6.92 Å². The fourth-order valence-electron chi connectivity index (χ4n) is 4.09. The molecule has 0 spiro atoms. The SMILES string of the molecule is CCCC1CCC(CCc2ccc(C(=O)CC)c(C(F)(F)F)c2F)CC1. The van der Waals surface area contributed by atoms with E-state index in [9.17, 15) is 22.4 Å². The second kappa shape index (κ2) is 9.01. The van der Waals surface area contributed by atoms with E-state index in [0.717, 1.165) is 24.8 Å². The summed E-state index contributed by atoms with van der Waals surface area (Å²) in [6.45, 7) is 3.66. The number of aryl methyl sites for hydroxylation is 1. The van der Waals surface area contributed by atoms with Crippen molar-refractivity contribution in [3.8, 4) is 0 Å². The molecule has 0 aromatic heterocycles. The summed E-state index contributed by atoms with van der Waals surface area (Å²) in [5, 5.41) is 0. The van der Waals surface area contributed by atoms with Crippen LogP contribution in [0, 0.1) is 17.7 Å². The summed E-state index contributed by atoms with van der Waals surface area (Å²) in [4.78, 5) is 11.8. The third-order valence-electron chi connectivity index (χ3n) is 5.61. The van der Waals surface area contributed by atoms with Gasteiger partial charge in [-0.15, -0.1) is 0 Å². The average Bonchev–Trinajstić information content (AvgIpc) is 2.60. The van der Waals surface area contributed by atoms with Crippen molar-refractivity contribution in [2.45, 2.75) is 77.8 Å². The van der Waals surface area contributed by atoms with Gasteiger partial charge in [-0.25, -0.2) is 4.39 Å². The largest absolute Gasteiger partial charge is 0.419 e. The second-order valence-corrected chi connectivity index (χ2v) is 7.45. The van der Waals surface area contributed by atoms with Crippen molar-refractivity contribution in [3.05, 3.63) is 34.6 Å². The van der Waals surface area contributed by atoms with Crippen molar-refractivity contribution in [3.63, 3.8) is 0 Å². The Bertz CT molecular complexity index is 613. The minimum Gasteiger partial charge on any atom is -0.294 e. The normalized spacial score (nSPS) is 21.0. The molecule has 0 bridgehead atoms. The van der Waals surface area contributed by atoms with Crippen LogP contribution in [0.2, 0.25) is 0 Å². The van der Waals surface area contributed by atoms with Crippen molar-refractivity contribution in [2.24, 2.45) is 11.8 Å². The van der Waals surface area contributed by atoms with Crippen LogP contribution in [0.1, 0.15) is 86.7 Å². The van der Waals surface area contributed by atoms with E-state index in [0.29, 0.717) is 18.8 Å². The Kier molecular flexibility index (Phi) is 7.24. The molecule has 0 N–H and O–H groups in total. The Balaban J connectivity index is 2.10. The molecule has 0 amide bonds. The highest BCUT2D eigenvalue weighted by Gasteiger charge is 2.39. The first kappa shape index (κ1) is 20.9. The predicted molar refractivity (Wildman–Crippen MR) is 94.7 cm³/mol. The van der Waals surface area contributed by atoms with E-state index in [-0.39, 0.29) is 12.0 Å². The Labute approximate surface area is 153 Å². The van der Waals surface area contributed by atoms with Crippen molar-refractivity contribution < 1.29 is 22.4 Å². The van der Waals surface area contributed by atoms with Gasteiger partial charge in [0, 0.05) is 12.0 Å². The molecule has 26 heavy (non-hydrogen) atoms. The summed E-state index contributed by atoms with van der Waals surface area (Å²) < 4.78 is 54.5. The lowest BCUT2D eigenvalue weighted by molar-refractivity contribution is -0.140. The number of Topliss-reactive ketones (excluding diaryl/α,β-unsaturated/α-hetero) is 1. The zero-order valence-corrected chi connectivity index (χ0v) is 15.6. The number of halogens is 4. The van der Waals surface area contributed by atoms with E-state index in [1.807, 2.05) is 0 Å². The zero-order chi connectivity index (χ0) is 19.3. The van der Waals surface area contributed by atoms with Crippen LogP contribution in [0.3, 0.4) is 0 Å². The van der Waals surface area contributed by atoms with Crippen LogP contribution in [0.5, 0.6) is 0 Å². The third kappa shape index (κ3) is 5.08. The molecule has 2 rings (SSSR count). The molecular weight excluding hydrogens is 344 g/mol. The highest BCUT2D eigenvalue weighted by Crippen LogP contribution is 2.38. The van der Waals surface area contributed by atoms with E-state index in [1.54, 1.807) is 0 Å². The second-order valence-electron chi connectivity index (χ2n) is 7.45. The maximum absolute atomic E-state index is 14.6. The van der Waals surface area contributed by atoms with E-state index >= 15 is 0 Å². The summed E-state index contributed by atoms with van der Waals surface area (Å²) in [6.07, 6.45) is 2.95. The zero-order valence-electron chi connectivity index (χ0n) is 15.6. The molecule has 0 aliphatic heterocycles. The highest BCUT2D eigenvalue weighted by atomic mass is 19.4. The average molecular weight is 372 g/mol. The minimum atomic E-state index is -4.86. The van der Waals surface area contributed by atoms with Crippen LogP contribution in [0.25, 0.3) is 0 Å². The molecule has 5 heteroatoms. The van der Waals surface area contributed by atoms with Crippen LogP contribution in [0.15, 0.2) is 12.1 Å². The molecule has 1 aromatic carbocycles. The summed E-state index contributed by atoms with van der Waals surface area (Å²) in [5.74, 6) is -0.730. The van der Waals surface area contributed by atoms with Gasteiger partial charge in [0.2, 0.25) is 0 Å². The lowest BCUT2D eigenvalue weighted by Crippen LogP contribution is -2.18. The van der Waals surface area contributed by atoms with Gasteiger partial charge < -0.3 is 0 Å². The first-order valence-corrected chi connectivity index (χ1v) is 9.69. The number of hydrogen-bond donors (Lipinski definition) is 0. The summed E-state index contributed by atoms with van der Waals surface area (Å²) in [6, 6.07) is 2.50. The lowest BCUT2D eigenvalue weighted by Gasteiger charge is -2.28. The standard InChI is InChI=1S/C21H28F4O/c1-3-5-14-6-8-15(9-7-14)10-11-16-12-13-17(18(26)4-2)19(20(16)22)21(23,24)25/h12-15H,3-11H2,1-2H3. The maximum Gasteiger partial charge on any atom is 0.419 e. The van der Waals surface area contributed by atoms with Gasteiger partial charge in [0.15, 0.2) is 5.78 Å². The van der Waals surface area contributed by atoms with Gasteiger partial charge >= 0.3 is 6.18 Å². The summed E-state index contributed by atoms with van der Waals surface area (Å²) in [5.41, 5.74) is -1.88. The van der Waals surface area contributed by atoms with Crippen LogP contribution >= 0.6 is 0 Å². The number of benzene rings is 1. The molecule has 1 aliphatic rings. The quantitative estimate of drug-likeness (QED) is 0.373. The molecule has 0 unspecified atom stereocenters. The van der Waals surface area contributed by atoms with Crippen molar-refractivity contribution in [1.29, 1.82) is 0 Å². The number of hydrogen-bond acceptors (Lipinski definition) is 1. The van der Waals surface area contributed by atoms with Crippen LogP contribution in [-0.4, -0.2) is 5.78 Å². The van der Waals surface area contributed by atoms with Gasteiger partial charge in [0.05, 0.1) is 0 Å². The number of rotatable bonds is 7. The Morgan fingerprint density at radius 3 is 2.12 bits per heavy atom. The van der Waals surface area contributed by atoms with Crippen molar-refractivity contribution in [1.82, 2.24) is 0 Å². The molecular formula is C21H28F4O. The number of ketones is 1. The third-order valence-corrected chi connectivity index (χ3v) is 5.61. The van der Waals surface area contributed by atoms with E-state index in [4.69, 9.17) is 0 Å². The molecule has 0 atom stereocenters. The molecule has 0 heterocycles. The first-order valence-electron chi connectivity index (χ1n) is 9.69. The molecule has 1 aromatic rings. The summed E-state index contributed by atoms with van der Waals surface area (Å²) in [7, 11) is 0. The first-order chi connectivity index (χ1) is 12.3. The van der Waals surface area contributed by atoms with Crippen LogP contribution in [-0.2, 0) is 12.6 Å². The Hall–Kier alpha value is -1.39. The highest BCUT2D eigenvalue weighted by molar-refractivity contribution is 5.97. The Morgan fingerprint density at radius 1 is 1.04 bits per heavy atom. The monoisotopic (exact) mass is 372 g/mol. The molecule has 0 saturated heterocycles. The minimum absolute atomic E-state index is 0.0701. The van der Waals surface area contributed by atoms with Gasteiger partial charge in [-0.05, 0) is 30.2 Å². The molecule has 1 nitrogen and oxygen atoms in total. The predicted octanol–water partition coefficient (Wildman–Crippen LogP) is 6.98. The van der Waals surface area contributed by atoms with Gasteiger partial charge in [0.1, 0.15) is 11.4 Å². The van der Waals surface area contributed by atoms with Crippen molar-refractivity contribution in [2.75, 3.05) is 0 Å². The summed E-state index contributed by atoms with van der Waals surface area (Å²) >= 11 is 0. The fraction of sp³-hybridized carbons (Fsp3) is 0.667.